The largest absolute Gasteiger partial charge is 0.480 e. The Bertz CT molecular complexity index is 372. The van der Waals surface area contributed by atoms with Crippen LogP contribution in [0.3, 0.4) is 0 Å². The lowest BCUT2D eigenvalue weighted by Gasteiger charge is -2.38. The molecule has 1 aliphatic heterocycles. The first kappa shape index (κ1) is 16.4. The molecule has 0 radical (unpaired) electrons. The highest BCUT2D eigenvalue weighted by Gasteiger charge is 2.40. The molecule has 0 aliphatic carbocycles. The van der Waals surface area contributed by atoms with Crippen molar-refractivity contribution in [1.82, 2.24) is 10.2 Å². The van der Waals surface area contributed by atoms with E-state index in [0.29, 0.717) is 6.54 Å². The maximum absolute atomic E-state index is 12.5. The average Bonchev–Trinajstić information content (AvgIpc) is 2.37. The first-order valence-corrected chi connectivity index (χ1v) is 6.69. The van der Waals surface area contributed by atoms with Crippen LogP contribution in [0.2, 0.25) is 0 Å². The van der Waals surface area contributed by atoms with Crippen LogP contribution in [0.15, 0.2) is 0 Å². The van der Waals surface area contributed by atoms with Gasteiger partial charge in [0.15, 0.2) is 0 Å². The van der Waals surface area contributed by atoms with Crippen molar-refractivity contribution >= 4 is 17.8 Å². The monoisotopic (exact) mass is 286 g/mol. The van der Waals surface area contributed by atoms with Crippen LogP contribution in [0, 0.1) is 11.3 Å². The number of piperidine rings is 1. The third kappa shape index (κ3) is 4.19. The highest BCUT2D eigenvalue weighted by atomic mass is 16.4. The van der Waals surface area contributed by atoms with Crippen LogP contribution in [0.4, 0.5) is 0 Å². The van der Waals surface area contributed by atoms with Gasteiger partial charge in [0.25, 0.3) is 0 Å². The van der Waals surface area contributed by atoms with Gasteiger partial charge >= 0.3 is 11.9 Å². The summed E-state index contributed by atoms with van der Waals surface area (Å²) in [6.07, 6.45) is 1.83. The topological polar surface area (TPSA) is 107 Å². The Balaban J connectivity index is 2.84. The number of aliphatic carboxylic acids is 2. The van der Waals surface area contributed by atoms with Crippen LogP contribution in [0.1, 0.15) is 26.7 Å². The maximum Gasteiger partial charge on any atom is 0.323 e. The quantitative estimate of drug-likeness (QED) is 0.635. The van der Waals surface area contributed by atoms with Crippen LogP contribution in [0.5, 0.6) is 0 Å². The molecule has 1 saturated heterocycles. The summed E-state index contributed by atoms with van der Waals surface area (Å²) in [7, 11) is 0. The van der Waals surface area contributed by atoms with E-state index in [1.807, 2.05) is 0 Å². The second-order valence-electron chi connectivity index (χ2n) is 5.71. The van der Waals surface area contributed by atoms with E-state index in [2.05, 4.69) is 5.32 Å². The van der Waals surface area contributed by atoms with Gasteiger partial charge in [0.2, 0.25) is 5.91 Å². The summed E-state index contributed by atoms with van der Waals surface area (Å²) in [5.41, 5.74) is -0.779. The van der Waals surface area contributed by atoms with Crippen LogP contribution in [-0.4, -0.2) is 59.1 Å². The van der Waals surface area contributed by atoms with Gasteiger partial charge in [0, 0.05) is 5.41 Å². The van der Waals surface area contributed by atoms with E-state index in [1.165, 1.54) is 0 Å². The summed E-state index contributed by atoms with van der Waals surface area (Å²) < 4.78 is 0. The molecule has 1 unspecified atom stereocenters. The normalized spacial score (nSPS) is 19.4. The predicted molar refractivity (Wildman–Crippen MR) is 71.2 cm³/mol. The molecule has 1 aliphatic rings. The van der Waals surface area contributed by atoms with Gasteiger partial charge in [0.1, 0.15) is 13.1 Å². The highest BCUT2D eigenvalue weighted by molar-refractivity contribution is 5.88. The molecule has 3 N–H and O–H groups in total. The van der Waals surface area contributed by atoms with Gasteiger partial charge in [0.05, 0.1) is 0 Å². The smallest absolute Gasteiger partial charge is 0.323 e. The van der Waals surface area contributed by atoms with Crippen molar-refractivity contribution in [3.05, 3.63) is 0 Å². The van der Waals surface area contributed by atoms with Gasteiger partial charge in [-0.25, -0.2) is 0 Å². The van der Waals surface area contributed by atoms with Gasteiger partial charge in [-0.2, -0.15) is 0 Å². The second kappa shape index (κ2) is 6.69. The Morgan fingerprint density at radius 1 is 1.20 bits per heavy atom. The minimum Gasteiger partial charge on any atom is -0.480 e. The summed E-state index contributed by atoms with van der Waals surface area (Å²) in [6.45, 7) is 3.93. The number of amides is 1. The molecule has 0 aromatic carbocycles. The van der Waals surface area contributed by atoms with Crippen LogP contribution < -0.4 is 5.32 Å². The fourth-order valence-corrected chi connectivity index (χ4v) is 2.58. The Kier molecular flexibility index (Phi) is 5.50. The molecule has 114 valence electrons. The Morgan fingerprint density at radius 2 is 1.75 bits per heavy atom. The number of nitrogens with zero attached hydrogens (tertiary/aromatic N) is 1. The lowest BCUT2D eigenvalue weighted by Crippen LogP contribution is -2.51. The Hall–Kier alpha value is -1.63. The molecule has 1 fully saturated rings. The van der Waals surface area contributed by atoms with Gasteiger partial charge < -0.3 is 20.4 Å². The molecule has 0 spiro atoms. The summed E-state index contributed by atoms with van der Waals surface area (Å²) in [5.74, 6) is -2.76. The van der Waals surface area contributed by atoms with Crippen molar-refractivity contribution in [2.24, 2.45) is 11.3 Å². The molecule has 0 aromatic heterocycles. The number of nitrogens with one attached hydrogen (secondary N) is 1. The molecule has 7 nitrogen and oxygen atoms in total. The zero-order valence-electron chi connectivity index (χ0n) is 11.9. The van der Waals surface area contributed by atoms with Crippen LogP contribution in [0.25, 0.3) is 0 Å². The van der Waals surface area contributed by atoms with E-state index in [0.717, 1.165) is 24.3 Å². The molecule has 1 heterocycles. The zero-order chi connectivity index (χ0) is 15.3. The minimum atomic E-state index is -1.21. The minimum absolute atomic E-state index is 0.0776. The summed E-state index contributed by atoms with van der Waals surface area (Å²) >= 11 is 0. The number of rotatable bonds is 6. The number of carboxylic acid groups (broad SMARTS) is 2. The number of hydrogen-bond acceptors (Lipinski definition) is 4. The lowest BCUT2D eigenvalue weighted by molar-refractivity contribution is -0.155. The molecule has 1 rings (SSSR count). The Labute approximate surface area is 117 Å². The number of carbonyl (C=O) groups excluding carboxylic acids is 1. The van der Waals surface area contributed by atoms with Crippen molar-refractivity contribution in [2.45, 2.75) is 26.7 Å². The number of carbonyl (C=O) groups is 3. The molecule has 0 aromatic rings. The standard InChI is InChI=1S/C13H22N2O5/c1-13(2,9-4-3-5-14-6-9)12(20)15(7-10(16)17)8-11(18)19/h9,14H,3-8H2,1-2H3,(H,16,17)(H,18,19). The summed E-state index contributed by atoms with van der Waals surface area (Å²) in [5, 5.41) is 20.9. The van der Waals surface area contributed by atoms with E-state index in [9.17, 15) is 14.4 Å². The molecular formula is C13H22N2O5. The molecule has 7 heteroatoms. The predicted octanol–water partition coefficient (Wildman–Crippen LogP) is 0.0100. The molecule has 20 heavy (non-hydrogen) atoms. The number of hydrogen-bond donors (Lipinski definition) is 3. The molecule has 0 bridgehead atoms. The van der Waals surface area contributed by atoms with Gasteiger partial charge in [-0.05, 0) is 31.8 Å². The fraction of sp³-hybridized carbons (Fsp3) is 0.769. The van der Waals surface area contributed by atoms with Gasteiger partial charge in [-0.3, -0.25) is 14.4 Å². The van der Waals surface area contributed by atoms with Crippen molar-refractivity contribution in [1.29, 1.82) is 0 Å². The lowest BCUT2D eigenvalue weighted by atomic mass is 9.74. The molecule has 0 saturated carbocycles. The third-order valence-corrected chi connectivity index (χ3v) is 3.81. The SMILES string of the molecule is CC(C)(C(=O)N(CC(=O)O)CC(=O)O)C1CCCNC1. The van der Waals surface area contributed by atoms with E-state index in [4.69, 9.17) is 10.2 Å². The first-order chi connectivity index (χ1) is 9.25. The second-order valence-corrected chi connectivity index (χ2v) is 5.71. The Morgan fingerprint density at radius 3 is 2.15 bits per heavy atom. The average molecular weight is 286 g/mol. The highest BCUT2D eigenvalue weighted by Crippen LogP contribution is 2.33. The third-order valence-electron chi connectivity index (χ3n) is 3.81. The van der Waals surface area contributed by atoms with Crippen molar-refractivity contribution in [2.75, 3.05) is 26.2 Å². The molecule has 1 amide bonds. The van der Waals surface area contributed by atoms with E-state index in [-0.39, 0.29) is 5.92 Å². The fourth-order valence-electron chi connectivity index (χ4n) is 2.58. The molecule has 1 atom stereocenters. The summed E-state index contributed by atoms with van der Waals surface area (Å²) in [6, 6.07) is 0. The molecular weight excluding hydrogens is 264 g/mol. The van der Waals surface area contributed by atoms with Crippen molar-refractivity contribution < 1.29 is 24.6 Å². The number of carboxylic acids is 2. The van der Waals surface area contributed by atoms with Crippen LogP contribution >= 0.6 is 0 Å². The van der Waals surface area contributed by atoms with Gasteiger partial charge in [-0.1, -0.05) is 13.8 Å². The van der Waals surface area contributed by atoms with Gasteiger partial charge in [-0.15, -0.1) is 0 Å². The maximum atomic E-state index is 12.5. The summed E-state index contributed by atoms with van der Waals surface area (Å²) in [4.78, 5) is 35.0. The van der Waals surface area contributed by atoms with Crippen molar-refractivity contribution in [3.8, 4) is 0 Å². The van der Waals surface area contributed by atoms with Crippen molar-refractivity contribution in [3.63, 3.8) is 0 Å². The van der Waals surface area contributed by atoms with Crippen LogP contribution in [-0.2, 0) is 14.4 Å². The zero-order valence-corrected chi connectivity index (χ0v) is 11.9. The van der Waals surface area contributed by atoms with E-state index >= 15 is 0 Å². The van der Waals surface area contributed by atoms with E-state index < -0.39 is 36.4 Å². The first-order valence-electron chi connectivity index (χ1n) is 6.69. The van der Waals surface area contributed by atoms with E-state index in [1.54, 1.807) is 13.8 Å².